The maximum Gasteiger partial charge on any atom is 0.174 e. The fourth-order valence-electron chi connectivity index (χ4n) is 4.10. The van der Waals surface area contributed by atoms with Crippen LogP contribution in [-0.2, 0) is 17.3 Å². The standard InChI is InChI=1S/C18H28N2O/c1-16(2,3)13-11-8-18(9-20(7)10-18)15(21)12(11)14(19-13)17(4,5)6/h19H,8-10H2,1-7H3. The molecular weight excluding hydrogens is 260 g/mol. The highest BCUT2D eigenvalue weighted by Crippen LogP contribution is 2.49. The number of nitrogens with zero attached hydrogens (tertiary/aromatic N) is 1. The number of likely N-dealkylation sites (tertiary alicyclic amines) is 1. The van der Waals surface area contributed by atoms with Crippen molar-refractivity contribution in [1.29, 1.82) is 0 Å². The second-order valence-corrected chi connectivity index (χ2v) is 9.19. The van der Waals surface area contributed by atoms with Crippen LogP contribution in [0.4, 0.5) is 0 Å². The Hall–Kier alpha value is -1.09. The van der Waals surface area contributed by atoms with Crippen molar-refractivity contribution in [2.45, 2.75) is 58.8 Å². The molecule has 2 heterocycles. The van der Waals surface area contributed by atoms with E-state index >= 15 is 0 Å². The first-order valence-corrected chi connectivity index (χ1v) is 7.95. The van der Waals surface area contributed by atoms with Crippen LogP contribution in [0.3, 0.4) is 0 Å². The van der Waals surface area contributed by atoms with Gasteiger partial charge in [-0.25, -0.2) is 0 Å². The molecule has 0 amide bonds. The average molecular weight is 288 g/mol. The van der Waals surface area contributed by atoms with Crippen molar-refractivity contribution in [3.8, 4) is 0 Å². The van der Waals surface area contributed by atoms with Crippen LogP contribution in [0.5, 0.6) is 0 Å². The van der Waals surface area contributed by atoms with Crippen molar-refractivity contribution in [2.75, 3.05) is 20.1 Å². The quantitative estimate of drug-likeness (QED) is 0.795. The molecule has 0 unspecified atom stereocenters. The van der Waals surface area contributed by atoms with Gasteiger partial charge in [-0.15, -0.1) is 0 Å². The highest BCUT2D eigenvalue weighted by molar-refractivity contribution is 6.07. The summed E-state index contributed by atoms with van der Waals surface area (Å²) >= 11 is 0. The maximum atomic E-state index is 13.1. The van der Waals surface area contributed by atoms with Crippen molar-refractivity contribution in [2.24, 2.45) is 5.41 Å². The Kier molecular flexibility index (Phi) is 2.83. The number of aromatic amines is 1. The monoisotopic (exact) mass is 288 g/mol. The molecule has 0 saturated carbocycles. The van der Waals surface area contributed by atoms with Gasteiger partial charge in [0.05, 0.1) is 5.41 Å². The van der Waals surface area contributed by atoms with Gasteiger partial charge in [0.1, 0.15) is 0 Å². The van der Waals surface area contributed by atoms with E-state index in [-0.39, 0.29) is 16.2 Å². The molecule has 3 nitrogen and oxygen atoms in total. The molecule has 2 aliphatic rings. The Labute approximate surface area is 128 Å². The number of H-pyrrole nitrogens is 1. The first kappa shape index (κ1) is 14.8. The number of hydrogen-bond donors (Lipinski definition) is 1. The van der Waals surface area contributed by atoms with Crippen LogP contribution in [0.2, 0.25) is 0 Å². The third-order valence-corrected chi connectivity index (χ3v) is 4.97. The number of rotatable bonds is 0. The van der Waals surface area contributed by atoms with Crippen molar-refractivity contribution in [3.63, 3.8) is 0 Å². The van der Waals surface area contributed by atoms with Gasteiger partial charge in [0.2, 0.25) is 0 Å². The predicted molar refractivity (Wildman–Crippen MR) is 86.2 cm³/mol. The molecule has 1 aliphatic heterocycles. The largest absolute Gasteiger partial charge is 0.361 e. The lowest BCUT2D eigenvalue weighted by atomic mass is 9.75. The number of nitrogens with one attached hydrogen (secondary N) is 1. The van der Waals surface area contributed by atoms with Crippen LogP contribution < -0.4 is 0 Å². The number of Topliss-reactive ketones (excluding diaryl/α,β-unsaturated/α-hetero) is 1. The van der Waals surface area contributed by atoms with Gasteiger partial charge >= 0.3 is 0 Å². The first-order valence-electron chi connectivity index (χ1n) is 7.95. The van der Waals surface area contributed by atoms with E-state index in [4.69, 9.17) is 0 Å². The molecule has 3 rings (SSSR count). The number of ketones is 1. The summed E-state index contributed by atoms with van der Waals surface area (Å²) in [5, 5.41) is 0. The van der Waals surface area contributed by atoms with E-state index in [0.29, 0.717) is 5.78 Å². The van der Waals surface area contributed by atoms with Crippen LogP contribution >= 0.6 is 0 Å². The predicted octanol–water partition coefficient (Wildman–Crippen LogP) is 3.28. The molecule has 1 N–H and O–H groups in total. The fraction of sp³-hybridized carbons (Fsp3) is 0.722. The summed E-state index contributed by atoms with van der Waals surface area (Å²) < 4.78 is 0. The van der Waals surface area contributed by atoms with Crippen molar-refractivity contribution >= 4 is 5.78 Å². The summed E-state index contributed by atoms with van der Waals surface area (Å²) in [5.41, 5.74) is 4.61. The Bertz CT molecular complexity index is 604. The van der Waals surface area contributed by atoms with E-state index in [1.54, 1.807) is 0 Å². The van der Waals surface area contributed by atoms with Crippen molar-refractivity contribution in [1.82, 2.24) is 9.88 Å². The summed E-state index contributed by atoms with van der Waals surface area (Å²) in [7, 11) is 2.10. The summed E-state index contributed by atoms with van der Waals surface area (Å²) in [6.07, 6.45) is 0.921. The van der Waals surface area contributed by atoms with Gasteiger partial charge in [-0.05, 0) is 19.0 Å². The molecule has 1 aliphatic carbocycles. The molecule has 0 atom stereocenters. The zero-order valence-electron chi connectivity index (χ0n) is 14.5. The number of aromatic nitrogens is 1. The number of fused-ring (bicyclic) bond motifs is 1. The van der Waals surface area contributed by atoms with E-state index in [0.717, 1.165) is 30.8 Å². The van der Waals surface area contributed by atoms with Gasteiger partial charge < -0.3 is 9.88 Å². The minimum absolute atomic E-state index is 0.0234. The molecule has 1 aromatic heterocycles. The molecule has 1 spiro atoms. The lowest BCUT2D eigenvalue weighted by molar-refractivity contribution is 0.0277. The zero-order valence-corrected chi connectivity index (χ0v) is 14.5. The third kappa shape index (κ3) is 2.01. The summed E-state index contributed by atoms with van der Waals surface area (Å²) in [5.74, 6) is 0.382. The van der Waals surface area contributed by atoms with Gasteiger partial charge in [-0.3, -0.25) is 4.79 Å². The molecule has 116 valence electrons. The number of carbonyl (C=O) groups excluding carboxylic acids is 1. The van der Waals surface area contributed by atoms with Crippen molar-refractivity contribution < 1.29 is 4.79 Å². The minimum Gasteiger partial charge on any atom is -0.361 e. The molecule has 1 saturated heterocycles. The molecule has 3 heteroatoms. The third-order valence-electron chi connectivity index (χ3n) is 4.97. The van der Waals surface area contributed by atoms with Crippen LogP contribution in [0.25, 0.3) is 0 Å². The topological polar surface area (TPSA) is 36.1 Å². The van der Waals surface area contributed by atoms with Gasteiger partial charge in [0.25, 0.3) is 0 Å². The minimum atomic E-state index is -0.130. The van der Waals surface area contributed by atoms with E-state index in [1.807, 2.05) is 0 Å². The fourth-order valence-corrected chi connectivity index (χ4v) is 4.10. The Morgan fingerprint density at radius 3 is 1.95 bits per heavy atom. The van der Waals surface area contributed by atoms with Gasteiger partial charge in [-0.1, -0.05) is 41.5 Å². The van der Waals surface area contributed by atoms with Crippen LogP contribution in [-0.4, -0.2) is 35.8 Å². The van der Waals surface area contributed by atoms with E-state index in [1.165, 1.54) is 11.3 Å². The van der Waals surface area contributed by atoms with Gasteiger partial charge in [0.15, 0.2) is 5.78 Å². The highest BCUT2D eigenvalue weighted by Gasteiger charge is 2.55. The normalized spacial score (nSPS) is 21.8. The van der Waals surface area contributed by atoms with Crippen LogP contribution in [0, 0.1) is 5.41 Å². The highest BCUT2D eigenvalue weighted by atomic mass is 16.1. The summed E-state index contributed by atoms with van der Waals surface area (Å²) in [6, 6.07) is 0. The second kappa shape index (κ2) is 4.01. The van der Waals surface area contributed by atoms with E-state index < -0.39 is 0 Å². The average Bonchev–Trinajstić information content (AvgIpc) is 2.74. The Morgan fingerprint density at radius 1 is 1.00 bits per heavy atom. The summed E-state index contributed by atoms with van der Waals surface area (Å²) in [4.78, 5) is 19.0. The zero-order chi connectivity index (χ0) is 15.8. The molecule has 0 aromatic carbocycles. The van der Waals surface area contributed by atoms with Crippen LogP contribution in [0.1, 0.15) is 68.9 Å². The first-order chi connectivity index (χ1) is 9.46. The summed E-state index contributed by atoms with van der Waals surface area (Å²) in [6.45, 7) is 15.1. The number of hydrogen-bond acceptors (Lipinski definition) is 2. The molecule has 0 bridgehead atoms. The smallest absolute Gasteiger partial charge is 0.174 e. The lowest BCUT2D eigenvalue weighted by Gasteiger charge is -2.45. The van der Waals surface area contributed by atoms with Gasteiger partial charge in [-0.2, -0.15) is 0 Å². The molecule has 1 fully saturated rings. The lowest BCUT2D eigenvalue weighted by Crippen LogP contribution is -2.57. The van der Waals surface area contributed by atoms with Crippen molar-refractivity contribution in [3.05, 3.63) is 22.5 Å². The van der Waals surface area contributed by atoms with Crippen LogP contribution in [0.15, 0.2) is 0 Å². The Morgan fingerprint density at radius 2 is 1.52 bits per heavy atom. The van der Waals surface area contributed by atoms with E-state index in [2.05, 4.69) is 58.5 Å². The number of carbonyl (C=O) groups is 1. The molecule has 1 aromatic rings. The van der Waals surface area contributed by atoms with E-state index in [9.17, 15) is 4.79 Å². The molecule has 21 heavy (non-hydrogen) atoms. The van der Waals surface area contributed by atoms with Gasteiger partial charge in [0, 0.05) is 40.9 Å². The molecule has 0 radical (unpaired) electrons. The Balaban J connectivity index is 2.17. The maximum absolute atomic E-state index is 13.1. The SMILES string of the molecule is CN1CC2(Cc3c(C(C)(C)C)[nH]c(C(C)(C)C)c3C2=O)C1. The molecular formula is C18H28N2O. The second-order valence-electron chi connectivity index (χ2n) is 9.19.